The van der Waals surface area contributed by atoms with Crippen molar-refractivity contribution in [3.63, 3.8) is 0 Å². The summed E-state index contributed by atoms with van der Waals surface area (Å²) in [5.74, 6) is 0.434. The van der Waals surface area contributed by atoms with Crippen molar-refractivity contribution < 1.29 is 4.79 Å². The summed E-state index contributed by atoms with van der Waals surface area (Å²) in [6.07, 6.45) is 5.73. The highest BCUT2D eigenvalue weighted by Crippen LogP contribution is 2.28. The molecule has 1 amide bonds. The predicted molar refractivity (Wildman–Crippen MR) is 82.5 cm³/mol. The third-order valence-electron chi connectivity index (χ3n) is 3.44. The number of para-hydroxylation sites is 1. The number of amides is 1. The first-order valence-corrected chi connectivity index (χ1v) is 6.86. The molecule has 3 rings (SSSR count). The van der Waals surface area contributed by atoms with Crippen LogP contribution in [0.2, 0.25) is 0 Å². The summed E-state index contributed by atoms with van der Waals surface area (Å²) in [7, 11) is 0. The molecule has 0 fully saturated rings. The molecule has 0 unspecified atom stereocenters. The van der Waals surface area contributed by atoms with Crippen LogP contribution in [0.15, 0.2) is 49.3 Å². The zero-order valence-electron chi connectivity index (χ0n) is 11.6. The fraction of sp³-hybridized carbons (Fsp3) is 0.188. The molecule has 0 bridgehead atoms. The number of hydrogen-bond donors (Lipinski definition) is 1. The lowest BCUT2D eigenvalue weighted by Crippen LogP contribution is -2.29. The minimum atomic E-state index is -0.0600. The van der Waals surface area contributed by atoms with Crippen molar-refractivity contribution in [2.75, 3.05) is 23.3 Å². The maximum Gasteiger partial charge on any atom is 0.261 e. The molecule has 2 heterocycles. The molecule has 0 radical (unpaired) electrons. The predicted octanol–water partition coefficient (Wildman–Crippen LogP) is 2.28. The van der Waals surface area contributed by atoms with Gasteiger partial charge in [-0.3, -0.25) is 4.79 Å². The third-order valence-corrected chi connectivity index (χ3v) is 3.44. The van der Waals surface area contributed by atoms with Crippen LogP contribution in [-0.4, -0.2) is 29.0 Å². The zero-order valence-corrected chi connectivity index (χ0v) is 11.6. The Hall–Kier alpha value is -2.69. The monoisotopic (exact) mass is 280 g/mol. The Balaban J connectivity index is 1.78. The van der Waals surface area contributed by atoms with Crippen LogP contribution >= 0.6 is 0 Å². The van der Waals surface area contributed by atoms with Gasteiger partial charge < -0.3 is 10.2 Å². The number of carbonyl (C=O) groups is 1. The van der Waals surface area contributed by atoms with Crippen LogP contribution < -0.4 is 10.2 Å². The van der Waals surface area contributed by atoms with Crippen molar-refractivity contribution in [2.24, 2.45) is 0 Å². The van der Waals surface area contributed by atoms with Gasteiger partial charge in [-0.15, -0.1) is 6.58 Å². The van der Waals surface area contributed by atoms with Gasteiger partial charge in [0.1, 0.15) is 0 Å². The first-order valence-electron chi connectivity index (χ1n) is 6.86. The molecule has 1 aromatic carbocycles. The number of anilines is 2. The standard InChI is InChI=1S/C16H16N4O/c1-2-8-17-16-18-10-13(11-19-16)15(21)20-9-7-12-5-3-4-6-14(12)20/h2-6,10-11H,1,7-9H2,(H,17,18,19). The summed E-state index contributed by atoms with van der Waals surface area (Å²) < 4.78 is 0. The summed E-state index contributed by atoms with van der Waals surface area (Å²) in [5, 5.41) is 2.98. The third kappa shape index (κ3) is 2.63. The van der Waals surface area contributed by atoms with E-state index in [1.165, 1.54) is 5.56 Å². The lowest BCUT2D eigenvalue weighted by molar-refractivity contribution is 0.0988. The van der Waals surface area contributed by atoms with E-state index < -0.39 is 0 Å². The molecule has 1 aliphatic heterocycles. The van der Waals surface area contributed by atoms with Gasteiger partial charge in [0.15, 0.2) is 0 Å². The highest BCUT2D eigenvalue weighted by atomic mass is 16.2. The smallest absolute Gasteiger partial charge is 0.261 e. The van der Waals surface area contributed by atoms with Gasteiger partial charge in [-0.05, 0) is 18.1 Å². The van der Waals surface area contributed by atoms with Gasteiger partial charge in [0.2, 0.25) is 5.95 Å². The van der Waals surface area contributed by atoms with Gasteiger partial charge in [-0.2, -0.15) is 0 Å². The molecule has 2 aromatic rings. The van der Waals surface area contributed by atoms with Crippen molar-refractivity contribution in [2.45, 2.75) is 6.42 Å². The van der Waals surface area contributed by atoms with E-state index in [-0.39, 0.29) is 5.91 Å². The van der Waals surface area contributed by atoms with E-state index in [1.54, 1.807) is 23.4 Å². The number of carbonyl (C=O) groups excluding carboxylic acids is 1. The molecule has 0 atom stereocenters. The van der Waals surface area contributed by atoms with Crippen molar-refractivity contribution in [1.82, 2.24) is 9.97 Å². The highest BCUT2D eigenvalue weighted by Gasteiger charge is 2.25. The van der Waals surface area contributed by atoms with Gasteiger partial charge in [0, 0.05) is 31.2 Å². The van der Waals surface area contributed by atoms with Gasteiger partial charge >= 0.3 is 0 Å². The van der Waals surface area contributed by atoms with Crippen LogP contribution in [0.25, 0.3) is 0 Å². The van der Waals surface area contributed by atoms with E-state index in [1.807, 2.05) is 18.2 Å². The number of hydrogen-bond acceptors (Lipinski definition) is 4. The molecular weight excluding hydrogens is 264 g/mol. The van der Waals surface area contributed by atoms with E-state index in [0.29, 0.717) is 24.6 Å². The van der Waals surface area contributed by atoms with Crippen LogP contribution in [0.4, 0.5) is 11.6 Å². The van der Waals surface area contributed by atoms with Crippen molar-refractivity contribution in [3.05, 3.63) is 60.4 Å². The molecule has 106 valence electrons. The summed E-state index contributed by atoms with van der Waals surface area (Å²) in [6.45, 7) is 4.91. The first kappa shape index (κ1) is 13.3. The molecule has 21 heavy (non-hydrogen) atoms. The number of aromatic nitrogens is 2. The van der Waals surface area contributed by atoms with Gasteiger partial charge in [0.25, 0.3) is 5.91 Å². The average molecular weight is 280 g/mol. The Morgan fingerprint density at radius 3 is 2.86 bits per heavy atom. The topological polar surface area (TPSA) is 58.1 Å². The Bertz CT molecular complexity index is 666. The Kier molecular flexibility index (Phi) is 3.64. The molecule has 0 saturated carbocycles. The van der Waals surface area contributed by atoms with E-state index in [2.05, 4.69) is 27.9 Å². The molecule has 5 heteroatoms. The molecule has 1 aromatic heterocycles. The molecule has 1 aliphatic rings. The largest absolute Gasteiger partial charge is 0.351 e. The summed E-state index contributed by atoms with van der Waals surface area (Å²) in [6, 6.07) is 7.97. The van der Waals surface area contributed by atoms with Crippen molar-refractivity contribution >= 4 is 17.5 Å². The lowest BCUT2D eigenvalue weighted by Gasteiger charge is -2.17. The number of fused-ring (bicyclic) bond motifs is 1. The minimum absolute atomic E-state index is 0.0600. The molecule has 0 spiro atoms. The average Bonchev–Trinajstić information content (AvgIpc) is 2.97. The van der Waals surface area contributed by atoms with Crippen LogP contribution in [0.3, 0.4) is 0 Å². The Labute approximate surface area is 123 Å². The second-order valence-corrected chi connectivity index (χ2v) is 4.80. The molecule has 1 N–H and O–H groups in total. The van der Waals surface area contributed by atoms with E-state index >= 15 is 0 Å². The lowest BCUT2D eigenvalue weighted by atomic mass is 10.2. The quantitative estimate of drug-likeness (QED) is 0.873. The Morgan fingerprint density at radius 2 is 2.10 bits per heavy atom. The van der Waals surface area contributed by atoms with Crippen molar-refractivity contribution in [3.8, 4) is 0 Å². The number of benzene rings is 1. The second kappa shape index (κ2) is 5.75. The van der Waals surface area contributed by atoms with E-state index in [4.69, 9.17) is 0 Å². The zero-order chi connectivity index (χ0) is 14.7. The first-order chi connectivity index (χ1) is 10.3. The fourth-order valence-corrected chi connectivity index (χ4v) is 2.40. The molecular formula is C16H16N4O. The van der Waals surface area contributed by atoms with Crippen LogP contribution in [0, 0.1) is 0 Å². The fourth-order valence-electron chi connectivity index (χ4n) is 2.40. The van der Waals surface area contributed by atoms with E-state index in [0.717, 1.165) is 12.1 Å². The summed E-state index contributed by atoms with van der Waals surface area (Å²) in [5.41, 5.74) is 2.68. The number of nitrogens with one attached hydrogen (secondary N) is 1. The maximum absolute atomic E-state index is 12.5. The van der Waals surface area contributed by atoms with Crippen molar-refractivity contribution in [1.29, 1.82) is 0 Å². The number of nitrogens with zero attached hydrogens (tertiary/aromatic N) is 3. The number of rotatable bonds is 4. The Morgan fingerprint density at radius 1 is 1.33 bits per heavy atom. The molecule has 0 saturated heterocycles. The van der Waals surface area contributed by atoms with Crippen LogP contribution in [0.5, 0.6) is 0 Å². The SMILES string of the molecule is C=CCNc1ncc(C(=O)N2CCc3ccccc32)cn1. The van der Waals surface area contributed by atoms with Gasteiger partial charge in [-0.25, -0.2) is 9.97 Å². The van der Waals surface area contributed by atoms with Crippen LogP contribution in [-0.2, 0) is 6.42 Å². The van der Waals surface area contributed by atoms with Gasteiger partial charge in [0.05, 0.1) is 5.56 Å². The molecule has 5 nitrogen and oxygen atoms in total. The summed E-state index contributed by atoms with van der Waals surface area (Å²) in [4.78, 5) is 22.6. The maximum atomic E-state index is 12.5. The van der Waals surface area contributed by atoms with Crippen LogP contribution in [0.1, 0.15) is 15.9 Å². The molecule has 0 aliphatic carbocycles. The van der Waals surface area contributed by atoms with E-state index in [9.17, 15) is 4.79 Å². The minimum Gasteiger partial charge on any atom is -0.351 e. The summed E-state index contributed by atoms with van der Waals surface area (Å²) >= 11 is 0. The normalized spacial score (nSPS) is 12.9. The highest BCUT2D eigenvalue weighted by molar-refractivity contribution is 6.06. The van der Waals surface area contributed by atoms with Gasteiger partial charge in [-0.1, -0.05) is 24.3 Å². The second-order valence-electron chi connectivity index (χ2n) is 4.80.